The molecule has 1 heterocycles. The van der Waals surface area contributed by atoms with E-state index in [0.29, 0.717) is 0 Å². The monoisotopic (exact) mass is 330 g/mol. The van der Waals surface area contributed by atoms with Gasteiger partial charge in [-0.15, -0.1) is 10.2 Å². The Balaban J connectivity index is 2.08. The topological polar surface area (TPSA) is 70.1 Å². The average molecular weight is 330 g/mol. The molecule has 6 heteroatoms. The van der Waals surface area contributed by atoms with E-state index in [2.05, 4.69) is 20.8 Å². The molecular formula is C17H22N4OS. The highest BCUT2D eigenvalue weighted by Gasteiger charge is 2.16. The Morgan fingerprint density at radius 3 is 2.61 bits per heavy atom. The van der Waals surface area contributed by atoms with Crippen molar-refractivity contribution in [3.8, 4) is 5.75 Å². The molecule has 2 aromatic rings. The molecule has 0 aliphatic heterocycles. The largest absolute Gasteiger partial charge is 0.508 e. The molecule has 2 rings (SSSR count). The number of aromatic hydroxyl groups is 1. The van der Waals surface area contributed by atoms with Gasteiger partial charge in [-0.25, -0.2) is 0 Å². The van der Waals surface area contributed by atoms with Crippen LogP contribution in [0.4, 0.5) is 5.13 Å². The average Bonchev–Trinajstić information content (AvgIpc) is 3.02. The summed E-state index contributed by atoms with van der Waals surface area (Å²) in [6, 6.07) is 7.33. The number of aromatic nitrogens is 2. The predicted octanol–water partition coefficient (Wildman–Crippen LogP) is 3.64. The quantitative estimate of drug-likeness (QED) is 0.676. The first-order chi connectivity index (χ1) is 11.2. The minimum absolute atomic E-state index is 0.0865. The molecule has 0 aliphatic carbocycles. The van der Waals surface area contributed by atoms with E-state index < -0.39 is 0 Å². The number of phenols is 1. The van der Waals surface area contributed by atoms with Gasteiger partial charge < -0.3 is 15.7 Å². The molecule has 0 radical (unpaired) electrons. The van der Waals surface area contributed by atoms with Crippen molar-refractivity contribution in [2.75, 3.05) is 12.4 Å². The minimum Gasteiger partial charge on any atom is -0.508 e. The lowest BCUT2D eigenvalue weighted by Gasteiger charge is -2.12. The van der Waals surface area contributed by atoms with Gasteiger partial charge in [0.15, 0.2) is 0 Å². The number of nitrogens with zero attached hydrogens (tertiary/aromatic N) is 2. The Hall–Kier alpha value is -2.18. The van der Waals surface area contributed by atoms with Crippen molar-refractivity contribution >= 4 is 16.5 Å². The van der Waals surface area contributed by atoms with Crippen molar-refractivity contribution in [2.45, 2.75) is 26.3 Å². The number of rotatable bonds is 7. The molecule has 0 saturated heterocycles. The van der Waals surface area contributed by atoms with E-state index in [0.717, 1.165) is 27.8 Å². The third-order valence-corrected chi connectivity index (χ3v) is 4.32. The number of nitrogens with one attached hydrogen (secondary N) is 2. The van der Waals surface area contributed by atoms with Crippen LogP contribution in [0.25, 0.3) is 0 Å². The maximum atomic E-state index is 9.36. The van der Waals surface area contributed by atoms with Crippen molar-refractivity contribution in [1.82, 2.24) is 15.5 Å². The van der Waals surface area contributed by atoms with Crippen LogP contribution >= 0.6 is 11.3 Å². The summed E-state index contributed by atoms with van der Waals surface area (Å²) in [6.45, 7) is 3.96. The highest BCUT2D eigenvalue weighted by molar-refractivity contribution is 7.15. The van der Waals surface area contributed by atoms with Gasteiger partial charge in [0.2, 0.25) is 5.13 Å². The zero-order valence-corrected chi connectivity index (χ0v) is 14.4. The van der Waals surface area contributed by atoms with Gasteiger partial charge in [0.05, 0.1) is 6.04 Å². The Morgan fingerprint density at radius 1 is 1.26 bits per heavy atom. The molecule has 5 nitrogen and oxygen atoms in total. The van der Waals surface area contributed by atoms with Gasteiger partial charge in [-0.3, -0.25) is 0 Å². The van der Waals surface area contributed by atoms with Crippen LogP contribution in [0.3, 0.4) is 0 Å². The van der Waals surface area contributed by atoms with E-state index in [-0.39, 0.29) is 11.8 Å². The van der Waals surface area contributed by atoms with Crippen molar-refractivity contribution in [3.05, 3.63) is 58.8 Å². The van der Waals surface area contributed by atoms with Crippen molar-refractivity contribution in [1.29, 1.82) is 0 Å². The second-order valence-corrected chi connectivity index (χ2v) is 6.04. The molecule has 3 N–H and O–H groups in total. The Kier molecular flexibility index (Phi) is 6.31. The summed E-state index contributed by atoms with van der Waals surface area (Å²) in [7, 11) is 1.91. The fraction of sp³-hybridized carbons (Fsp3) is 0.294. The second-order valence-electron chi connectivity index (χ2n) is 5.03. The van der Waals surface area contributed by atoms with E-state index in [4.69, 9.17) is 0 Å². The van der Waals surface area contributed by atoms with Gasteiger partial charge in [-0.1, -0.05) is 35.6 Å². The van der Waals surface area contributed by atoms with Gasteiger partial charge in [-0.2, -0.15) is 0 Å². The van der Waals surface area contributed by atoms with Crippen LogP contribution in [0.2, 0.25) is 0 Å². The molecule has 1 atom stereocenters. The Morgan fingerprint density at radius 2 is 2.00 bits per heavy atom. The van der Waals surface area contributed by atoms with Crippen LogP contribution in [0.5, 0.6) is 5.75 Å². The first-order valence-corrected chi connectivity index (χ1v) is 8.32. The number of hydrogen-bond acceptors (Lipinski definition) is 6. The lowest BCUT2D eigenvalue weighted by molar-refractivity contribution is 0.474. The molecule has 0 bridgehead atoms. The highest BCUT2D eigenvalue weighted by Crippen LogP contribution is 2.26. The van der Waals surface area contributed by atoms with Crippen LogP contribution < -0.4 is 10.6 Å². The first kappa shape index (κ1) is 17.2. The predicted molar refractivity (Wildman–Crippen MR) is 95.7 cm³/mol. The summed E-state index contributed by atoms with van der Waals surface area (Å²) in [5, 5.41) is 26.1. The molecule has 1 aromatic heterocycles. The van der Waals surface area contributed by atoms with Gasteiger partial charge in [0, 0.05) is 5.70 Å². The summed E-state index contributed by atoms with van der Waals surface area (Å²) in [5.41, 5.74) is 2.13. The van der Waals surface area contributed by atoms with Gasteiger partial charge in [-0.05, 0) is 51.1 Å². The highest BCUT2D eigenvalue weighted by atomic mass is 32.1. The van der Waals surface area contributed by atoms with E-state index in [1.807, 2.05) is 51.3 Å². The molecule has 23 heavy (non-hydrogen) atoms. The SMILES string of the molecule is C/C=C\C(=C/C)Nc1nnc(C(Cc2ccc(O)cc2)NC)s1. The van der Waals surface area contributed by atoms with Crippen LogP contribution in [0, 0.1) is 0 Å². The molecule has 0 fully saturated rings. The summed E-state index contributed by atoms with van der Waals surface area (Å²) in [6.07, 6.45) is 6.75. The van der Waals surface area contributed by atoms with Crippen molar-refractivity contribution in [3.63, 3.8) is 0 Å². The van der Waals surface area contributed by atoms with Crippen LogP contribution in [-0.4, -0.2) is 22.4 Å². The Bertz CT molecular complexity index is 676. The number of benzene rings is 1. The van der Waals surface area contributed by atoms with E-state index in [1.165, 1.54) is 11.3 Å². The molecule has 122 valence electrons. The maximum Gasteiger partial charge on any atom is 0.210 e. The molecule has 0 aliphatic rings. The summed E-state index contributed by atoms with van der Waals surface area (Å²) >= 11 is 1.54. The smallest absolute Gasteiger partial charge is 0.210 e. The standard InChI is InChI=1S/C17H22N4OS/c1-4-6-13(5-2)19-17-21-20-16(23-17)15(18-3)11-12-7-9-14(22)10-8-12/h4-10,15,18,22H,11H2,1-3H3,(H,19,21)/b6-4-,13-5+. The number of anilines is 1. The lowest BCUT2D eigenvalue weighted by Crippen LogP contribution is -2.18. The Labute approximate surface area is 140 Å². The maximum absolute atomic E-state index is 9.36. The fourth-order valence-corrected chi connectivity index (χ4v) is 2.99. The molecule has 0 saturated carbocycles. The van der Waals surface area contributed by atoms with Crippen molar-refractivity contribution < 1.29 is 5.11 Å². The molecule has 0 amide bonds. The third-order valence-electron chi connectivity index (χ3n) is 3.37. The van der Waals surface area contributed by atoms with E-state index in [1.54, 1.807) is 12.1 Å². The van der Waals surface area contributed by atoms with E-state index >= 15 is 0 Å². The molecule has 1 unspecified atom stereocenters. The normalized spacial score (nSPS) is 13.4. The summed E-state index contributed by atoms with van der Waals surface area (Å²) in [4.78, 5) is 0. The number of likely N-dealkylation sites (N-methyl/N-ethyl adjacent to an activating group) is 1. The van der Waals surface area contributed by atoms with Gasteiger partial charge >= 0.3 is 0 Å². The number of allylic oxidation sites excluding steroid dienone is 3. The molecular weight excluding hydrogens is 308 g/mol. The first-order valence-electron chi connectivity index (χ1n) is 7.50. The zero-order valence-electron chi connectivity index (χ0n) is 13.6. The van der Waals surface area contributed by atoms with Gasteiger partial charge in [0.25, 0.3) is 0 Å². The number of phenolic OH excluding ortho intramolecular Hbond substituents is 1. The lowest BCUT2D eigenvalue weighted by atomic mass is 10.1. The second kappa shape index (κ2) is 8.45. The third kappa shape index (κ3) is 4.91. The molecule has 0 spiro atoms. The van der Waals surface area contributed by atoms with Gasteiger partial charge in [0.1, 0.15) is 10.8 Å². The fourth-order valence-electron chi connectivity index (χ4n) is 2.12. The van der Waals surface area contributed by atoms with E-state index in [9.17, 15) is 5.11 Å². The summed E-state index contributed by atoms with van der Waals surface area (Å²) in [5.74, 6) is 0.278. The van der Waals surface area contributed by atoms with Crippen LogP contribution in [0.1, 0.15) is 30.5 Å². The zero-order chi connectivity index (χ0) is 16.7. The summed E-state index contributed by atoms with van der Waals surface area (Å²) < 4.78 is 0. The van der Waals surface area contributed by atoms with Crippen LogP contribution in [0.15, 0.2) is 48.2 Å². The molecule has 1 aromatic carbocycles. The minimum atomic E-state index is 0.0865. The van der Waals surface area contributed by atoms with Crippen LogP contribution in [-0.2, 0) is 6.42 Å². The number of hydrogen-bond donors (Lipinski definition) is 3. The van der Waals surface area contributed by atoms with Crippen molar-refractivity contribution in [2.24, 2.45) is 0 Å².